The molecule has 1 unspecified atom stereocenters. The standard InChI is InChI=1S/C18H34N2O3.Na/c1-2-3-4-5-6-7-8-9-10-11-17-19-12-13-20(17,14-15-21)16-18(22)23;/h2-16H2,1H3,(H,22,23);/q;+1/p-1. The molecule has 0 aliphatic carbocycles. The minimum Gasteiger partial charge on any atom is -0.850 e. The van der Waals surface area contributed by atoms with Crippen molar-refractivity contribution in [1.82, 2.24) is 0 Å². The van der Waals surface area contributed by atoms with Crippen LogP contribution in [0.2, 0.25) is 0 Å². The molecule has 0 radical (unpaired) electrons. The Morgan fingerprint density at radius 1 is 1.08 bits per heavy atom. The molecule has 1 aliphatic rings. The third-order valence-corrected chi connectivity index (χ3v) is 4.82. The first kappa shape index (κ1) is 24.1. The summed E-state index contributed by atoms with van der Waals surface area (Å²) >= 11 is 0. The number of quaternary nitrogens is 1. The fourth-order valence-electron chi connectivity index (χ4n) is 3.47. The van der Waals surface area contributed by atoms with E-state index in [0.29, 0.717) is 19.6 Å². The number of carbonyl (C=O) groups is 1. The van der Waals surface area contributed by atoms with Gasteiger partial charge in [0.2, 0.25) is 0 Å². The summed E-state index contributed by atoms with van der Waals surface area (Å²) in [4.78, 5) is 15.5. The van der Waals surface area contributed by atoms with Crippen LogP contribution in [0.5, 0.6) is 0 Å². The normalized spacial score (nSPS) is 19.8. The zero-order valence-electron chi connectivity index (χ0n) is 15.7. The number of aliphatic imine (C=N–C) groups is 1. The van der Waals surface area contributed by atoms with Crippen molar-refractivity contribution in [2.75, 3.05) is 32.8 Å². The van der Waals surface area contributed by atoms with Crippen molar-refractivity contribution in [3.63, 3.8) is 0 Å². The minimum atomic E-state index is -1.08. The van der Waals surface area contributed by atoms with Gasteiger partial charge in [-0.15, -0.1) is 0 Å². The van der Waals surface area contributed by atoms with Gasteiger partial charge in [-0.1, -0.05) is 64.9 Å². The first-order chi connectivity index (χ1) is 11.1. The van der Waals surface area contributed by atoms with Crippen LogP contribution in [0.25, 0.3) is 0 Å². The average Bonchev–Trinajstić information content (AvgIpc) is 2.87. The van der Waals surface area contributed by atoms with Crippen LogP contribution >= 0.6 is 0 Å². The molecule has 6 heteroatoms. The third-order valence-electron chi connectivity index (χ3n) is 4.82. The largest absolute Gasteiger partial charge is 1.00 e. The molecule has 1 atom stereocenters. The number of hydrogen-bond acceptors (Lipinski definition) is 4. The zero-order valence-corrected chi connectivity index (χ0v) is 17.7. The van der Waals surface area contributed by atoms with Gasteiger partial charge >= 0.3 is 29.6 Å². The smallest absolute Gasteiger partial charge is 0.850 e. The van der Waals surface area contributed by atoms with Crippen LogP contribution in [0.4, 0.5) is 0 Å². The van der Waals surface area contributed by atoms with Gasteiger partial charge in [0, 0.05) is 6.42 Å². The van der Waals surface area contributed by atoms with Crippen LogP contribution in [0.3, 0.4) is 0 Å². The second-order valence-electron chi connectivity index (χ2n) is 6.70. The first-order valence-electron chi connectivity index (χ1n) is 9.32. The first-order valence-corrected chi connectivity index (χ1v) is 9.32. The number of nitrogens with zero attached hydrogens (tertiary/aromatic N) is 2. The second kappa shape index (κ2) is 14.3. The molecule has 24 heavy (non-hydrogen) atoms. The molecule has 0 fully saturated rings. The van der Waals surface area contributed by atoms with Gasteiger partial charge < -0.3 is 15.0 Å². The number of rotatable bonds is 14. The molecular formula is C18H33N2NaO3. The summed E-state index contributed by atoms with van der Waals surface area (Å²) < 4.78 is 0.239. The molecule has 0 aromatic heterocycles. The van der Waals surface area contributed by atoms with Gasteiger partial charge in [-0.25, -0.2) is 4.99 Å². The van der Waals surface area contributed by atoms with E-state index in [1.54, 1.807) is 0 Å². The molecule has 0 saturated carbocycles. The molecule has 134 valence electrons. The molecule has 0 aromatic rings. The van der Waals surface area contributed by atoms with Gasteiger partial charge in [0.15, 0.2) is 5.84 Å². The van der Waals surface area contributed by atoms with E-state index in [-0.39, 0.29) is 47.2 Å². The molecule has 0 N–H and O–H groups in total. The molecule has 0 bridgehead atoms. The zero-order chi connectivity index (χ0) is 17.0. The van der Waals surface area contributed by atoms with Crippen molar-refractivity contribution < 1.29 is 49.0 Å². The topological polar surface area (TPSA) is 75.5 Å². The van der Waals surface area contributed by atoms with Crippen LogP contribution in [-0.4, -0.2) is 49.1 Å². The van der Waals surface area contributed by atoms with Crippen LogP contribution in [0, 0.1) is 0 Å². The van der Waals surface area contributed by atoms with E-state index in [4.69, 9.17) is 0 Å². The number of carboxylic acids is 1. The SMILES string of the molecule is CCCCCCCCCCCC1=NCC[N+]1(CC[O-])CC(=O)[O-].[Na+]. The fourth-order valence-corrected chi connectivity index (χ4v) is 3.47. The number of carbonyl (C=O) groups excluding carboxylic acids is 1. The van der Waals surface area contributed by atoms with E-state index >= 15 is 0 Å². The van der Waals surface area contributed by atoms with Gasteiger partial charge in [0.05, 0.1) is 19.1 Å². The maximum atomic E-state index is 11.1. The minimum absolute atomic E-state index is 0. The Balaban J connectivity index is 0.00000529. The van der Waals surface area contributed by atoms with Crippen molar-refractivity contribution in [2.45, 2.75) is 71.1 Å². The number of aliphatic carboxylic acids is 1. The van der Waals surface area contributed by atoms with Crippen LogP contribution in [-0.2, 0) is 4.79 Å². The molecule has 1 aliphatic heterocycles. The summed E-state index contributed by atoms with van der Waals surface area (Å²) in [5.74, 6) is -0.173. The van der Waals surface area contributed by atoms with E-state index in [1.807, 2.05) is 0 Å². The molecule has 5 nitrogen and oxygen atoms in total. The summed E-state index contributed by atoms with van der Waals surface area (Å²) in [5, 5.41) is 22.1. The van der Waals surface area contributed by atoms with Gasteiger partial charge in [-0.3, -0.25) is 4.48 Å². The van der Waals surface area contributed by atoms with E-state index in [0.717, 1.165) is 25.1 Å². The van der Waals surface area contributed by atoms with Crippen molar-refractivity contribution in [3.05, 3.63) is 0 Å². The second-order valence-corrected chi connectivity index (χ2v) is 6.70. The van der Waals surface area contributed by atoms with Crippen molar-refractivity contribution in [3.8, 4) is 0 Å². The van der Waals surface area contributed by atoms with Gasteiger partial charge in [0.25, 0.3) is 0 Å². The van der Waals surface area contributed by atoms with E-state index in [9.17, 15) is 15.0 Å². The van der Waals surface area contributed by atoms with E-state index in [1.165, 1.54) is 44.9 Å². The number of carboxylic acid groups (broad SMARTS) is 1. The Bertz CT molecular complexity index is 377. The average molecular weight is 348 g/mol. The maximum Gasteiger partial charge on any atom is 1.00 e. The number of unbranched alkanes of at least 4 members (excludes halogenated alkanes) is 8. The molecule has 0 spiro atoms. The van der Waals surface area contributed by atoms with Gasteiger partial charge in [-0.2, -0.15) is 0 Å². The maximum absolute atomic E-state index is 11.1. The van der Waals surface area contributed by atoms with Crippen LogP contribution in [0.15, 0.2) is 4.99 Å². The fraction of sp³-hybridized carbons (Fsp3) is 0.889. The van der Waals surface area contributed by atoms with Crippen LogP contribution < -0.4 is 39.8 Å². The Morgan fingerprint density at radius 2 is 1.67 bits per heavy atom. The monoisotopic (exact) mass is 348 g/mol. The van der Waals surface area contributed by atoms with E-state index in [2.05, 4.69) is 11.9 Å². The molecule has 0 aromatic carbocycles. The van der Waals surface area contributed by atoms with Gasteiger partial charge in [0.1, 0.15) is 13.1 Å². The Kier molecular flexibility index (Phi) is 14.3. The van der Waals surface area contributed by atoms with E-state index < -0.39 is 5.97 Å². The molecular weight excluding hydrogens is 315 g/mol. The van der Waals surface area contributed by atoms with Gasteiger partial charge in [-0.05, 0) is 6.42 Å². The third kappa shape index (κ3) is 8.95. The summed E-state index contributed by atoms with van der Waals surface area (Å²) in [6, 6.07) is 0. The Morgan fingerprint density at radius 3 is 2.21 bits per heavy atom. The number of amidine groups is 1. The molecule has 1 heterocycles. The molecule has 0 saturated heterocycles. The predicted molar refractivity (Wildman–Crippen MR) is 88.9 cm³/mol. The summed E-state index contributed by atoms with van der Waals surface area (Å²) in [6.07, 6.45) is 12.2. The predicted octanol–water partition coefficient (Wildman–Crippen LogP) is -1.75. The summed E-state index contributed by atoms with van der Waals surface area (Å²) in [6.45, 7) is 3.48. The quantitative estimate of drug-likeness (QED) is 0.212. The van der Waals surface area contributed by atoms with Crippen molar-refractivity contribution >= 4 is 11.8 Å². The Labute approximate surface area is 169 Å². The Hall–Kier alpha value is 0.0600. The summed E-state index contributed by atoms with van der Waals surface area (Å²) in [7, 11) is 0. The molecule has 1 rings (SSSR count). The number of hydrogen-bond donors (Lipinski definition) is 0. The van der Waals surface area contributed by atoms with Crippen molar-refractivity contribution in [1.29, 1.82) is 0 Å². The molecule has 0 amide bonds. The summed E-state index contributed by atoms with van der Waals surface area (Å²) in [5.41, 5.74) is 0. The van der Waals surface area contributed by atoms with Crippen LogP contribution in [0.1, 0.15) is 71.1 Å². The van der Waals surface area contributed by atoms with Crippen molar-refractivity contribution in [2.24, 2.45) is 4.99 Å².